The Labute approximate surface area is 140 Å². The molecule has 0 unspecified atom stereocenters. The summed E-state index contributed by atoms with van der Waals surface area (Å²) in [6, 6.07) is 9.77. The highest BCUT2D eigenvalue weighted by molar-refractivity contribution is 7.89. The molecule has 0 saturated carbocycles. The first kappa shape index (κ1) is 17.7. The number of hydrazone groups is 1. The zero-order valence-corrected chi connectivity index (χ0v) is 14.4. The monoisotopic (exact) mass is 346 g/mol. The Morgan fingerprint density at radius 2 is 1.71 bits per heavy atom. The van der Waals surface area contributed by atoms with Crippen LogP contribution in [0, 0.1) is 20.8 Å². The van der Waals surface area contributed by atoms with Crippen LogP contribution in [0.5, 0.6) is 0 Å². The predicted octanol–water partition coefficient (Wildman–Crippen LogP) is 2.62. The maximum Gasteiger partial charge on any atom is 0.336 e. The molecule has 0 saturated heterocycles. The Balaban J connectivity index is 2.31. The van der Waals surface area contributed by atoms with E-state index in [1.165, 1.54) is 12.3 Å². The van der Waals surface area contributed by atoms with Crippen LogP contribution in [-0.2, 0) is 10.0 Å². The molecule has 2 rings (SSSR count). The summed E-state index contributed by atoms with van der Waals surface area (Å²) in [5.41, 5.74) is 2.58. The van der Waals surface area contributed by atoms with E-state index in [0.29, 0.717) is 16.7 Å². The maximum atomic E-state index is 12.5. The van der Waals surface area contributed by atoms with Gasteiger partial charge in [-0.1, -0.05) is 35.9 Å². The number of hydrogen-bond acceptors (Lipinski definition) is 4. The lowest BCUT2D eigenvalue weighted by Gasteiger charge is -2.11. The van der Waals surface area contributed by atoms with Crippen molar-refractivity contribution in [3.05, 3.63) is 64.2 Å². The number of hydrogen-bond donors (Lipinski definition) is 2. The summed E-state index contributed by atoms with van der Waals surface area (Å²) in [7, 11) is -3.84. The van der Waals surface area contributed by atoms with Crippen LogP contribution in [0.3, 0.4) is 0 Å². The van der Waals surface area contributed by atoms with Crippen molar-refractivity contribution in [3.8, 4) is 0 Å². The average Bonchev–Trinajstić information content (AvgIpc) is 2.45. The Bertz CT molecular complexity index is 895. The molecule has 0 amide bonds. The summed E-state index contributed by atoms with van der Waals surface area (Å²) in [6.45, 7) is 5.33. The van der Waals surface area contributed by atoms with Gasteiger partial charge in [-0.2, -0.15) is 13.5 Å². The Morgan fingerprint density at radius 3 is 2.29 bits per heavy atom. The Morgan fingerprint density at radius 1 is 1.12 bits per heavy atom. The first-order chi connectivity index (χ1) is 11.2. The summed E-state index contributed by atoms with van der Waals surface area (Å²) in [4.78, 5) is 13.4. The molecule has 0 bridgehead atoms. The Kier molecular flexibility index (Phi) is 5.04. The Hall–Kier alpha value is -2.67. The second kappa shape index (κ2) is 6.84. The largest absolute Gasteiger partial charge is 0.478 e. The van der Waals surface area contributed by atoms with E-state index < -0.39 is 16.0 Å². The van der Waals surface area contributed by atoms with Crippen molar-refractivity contribution in [3.63, 3.8) is 0 Å². The van der Waals surface area contributed by atoms with E-state index in [1.54, 1.807) is 44.2 Å². The molecule has 2 aromatic carbocycles. The van der Waals surface area contributed by atoms with Crippen LogP contribution in [0.2, 0.25) is 0 Å². The van der Waals surface area contributed by atoms with Gasteiger partial charge >= 0.3 is 5.97 Å². The highest BCUT2D eigenvalue weighted by Crippen LogP contribution is 2.21. The number of nitrogens with zero attached hydrogens (tertiary/aromatic N) is 1. The number of nitrogens with one attached hydrogen (secondary N) is 1. The molecule has 0 atom stereocenters. The number of rotatable bonds is 5. The molecule has 0 heterocycles. The molecule has 0 radical (unpaired) electrons. The number of benzene rings is 2. The summed E-state index contributed by atoms with van der Waals surface area (Å²) in [6.07, 6.45) is 1.18. The smallest absolute Gasteiger partial charge is 0.336 e. The van der Waals surface area contributed by atoms with E-state index in [-0.39, 0.29) is 10.5 Å². The van der Waals surface area contributed by atoms with Gasteiger partial charge in [-0.25, -0.2) is 9.63 Å². The van der Waals surface area contributed by atoms with Crippen LogP contribution >= 0.6 is 0 Å². The maximum absolute atomic E-state index is 12.5. The van der Waals surface area contributed by atoms with E-state index in [2.05, 4.69) is 9.93 Å². The van der Waals surface area contributed by atoms with Crippen molar-refractivity contribution in [2.24, 2.45) is 5.10 Å². The highest BCUT2D eigenvalue weighted by atomic mass is 32.2. The molecule has 0 aliphatic rings. The van der Waals surface area contributed by atoms with Crippen LogP contribution < -0.4 is 4.83 Å². The molecule has 6 nitrogen and oxygen atoms in total. The number of aromatic carboxylic acids is 1. The number of carboxylic acids is 1. The normalized spacial score (nSPS) is 11.6. The molecule has 7 heteroatoms. The zero-order chi connectivity index (χ0) is 17.9. The van der Waals surface area contributed by atoms with Gasteiger partial charge in [0, 0.05) is 5.56 Å². The van der Waals surface area contributed by atoms with Gasteiger partial charge in [-0.3, -0.25) is 0 Å². The van der Waals surface area contributed by atoms with E-state index in [1.807, 2.05) is 6.92 Å². The molecule has 0 fully saturated rings. The van der Waals surface area contributed by atoms with E-state index in [0.717, 1.165) is 5.56 Å². The van der Waals surface area contributed by atoms with Crippen LogP contribution in [0.25, 0.3) is 0 Å². The van der Waals surface area contributed by atoms with Crippen molar-refractivity contribution in [2.45, 2.75) is 25.7 Å². The zero-order valence-electron chi connectivity index (χ0n) is 13.6. The molecule has 24 heavy (non-hydrogen) atoms. The van der Waals surface area contributed by atoms with Gasteiger partial charge < -0.3 is 5.11 Å². The molecule has 2 N–H and O–H groups in total. The van der Waals surface area contributed by atoms with Gasteiger partial charge in [-0.05, 0) is 38.0 Å². The first-order valence-corrected chi connectivity index (χ1v) is 8.66. The molecule has 0 aliphatic carbocycles. The topological polar surface area (TPSA) is 95.8 Å². The van der Waals surface area contributed by atoms with Crippen molar-refractivity contribution in [2.75, 3.05) is 0 Å². The van der Waals surface area contributed by atoms with Crippen molar-refractivity contribution >= 4 is 22.2 Å². The first-order valence-electron chi connectivity index (χ1n) is 7.17. The molecule has 2 aromatic rings. The van der Waals surface area contributed by atoms with Crippen molar-refractivity contribution < 1.29 is 18.3 Å². The lowest BCUT2D eigenvalue weighted by atomic mass is 10.1. The lowest BCUT2D eigenvalue weighted by Crippen LogP contribution is -2.20. The molecule has 126 valence electrons. The summed E-state index contributed by atoms with van der Waals surface area (Å²) < 4.78 is 24.9. The second-order valence-electron chi connectivity index (χ2n) is 5.47. The van der Waals surface area contributed by atoms with Gasteiger partial charge in [0.15, 0.2) is 0 Å². The standard InChI is InChI=1S/C17H18N2O4S/c1-11-8-12(2)16(13(3)9-11)24(22,23)19-18-10-14-6-4-5-7-15(14)17(20)21/h4-10,19H,1-3H3,(H,20,21)/b18-10+. The molecular weight excluding hydrogens is 328 g/mol. The van der Waals surface area contributed by atoms with Crippen LogP contribution in [0.15, 0.2) is 46.4 Å². The van der Waals surface area contributed by atoms with Gasteiger partial charge in [-0.15, -0.1) is 0 Å². The van der Waals surface area contributed by atoms with Crippen molar-refractivity contribution in [1.82, 2.24) is 4.83 Å². The summed E-state index contributed by atoms with van der Waals surface area (Å²) in [5.74, 6) is -1.11. The molecular formula is C17H18N2O4S. The fourth-order valence-electron chi connectivity index (χ4n) is 2.61. The third kappa shape index (κ3) is 3.80. The predicted molar refractivity (Wildman–Crippen MR) is 92.0 cm³/mol. The third-order valence-electron chi connectivity index (χ3n) is 3.44. The van der Waals surface area contributed by atoms with Crippen LogP contribution in [0.4, 0.5) is 0 Å². The fraction of sp³-hybridized carbons (Fsp3) is 0.176. The average molecular weight is 346 g/mol. The number of carboxylic acid groups (broad SMARTS) is 1. The van der Waals surface area contributed by atoms with E-state index >= 15 is 0 Å². The SMILES string of the molecule is Cc1cc(C)c(S(=O)(=O)N/N=C/c2ccccc2C(=O)O)c(C)c1. The highest BCUT2D eigenvalue weighted by Gasteiger charge is 2.19. The summed E-state index contributed by atoms with van der Waals surface area (Å²) in [5, 5.41) is 12.8. The second-order valence-corrected chi connectivity index (χ2v) is 7.07. The molecule has 0 aromatic heterocycles. The number of carbonyl (C=O) groups is 1. The van der Waals surface area contributed by atoms with Gasteiger partial charge in [0.25, 0.3) is 10.0 Å². The number of aryl methyl sites for hydroxylation is 3. The van der Waals surface area contributed by atoms with E-state index in [4.69, 9.17) is 5.11 Å². The summed E-state index contributed by atoms with van der Waals surface area (Å²) >= 11 is 0. The van der Waals surface area contributed by atoms with Crippen LogP contribution in [-0.4, -0.2) is 25.7 Å². The minimum atomic E-state index is -3.84. The minimum absolute atomic E-state index is 0.0446. The fourth-order valence-corrected chi connectivity index (χ4v) is 3.85. The van der Waals surface area contributed by atoms with Gasteiger partial charge in [0.2, 0.25) is 0 Å². The molecule has 0 aliphatic heterocycles. The minimum Gasteiger partial charge on any atom is -0.478 e. The van der Waals surface area contributed by atoms with Gasteiger partial charge in [0.05, 0.1) is 16.7 Å². The number of sulfonamides is 1. The van der Waals surface area contributed by atoms with Crippen LogP contribution in [0.1, 0.15) is 32.6 Å². The molecule has 0 spiro atoms. The lowest BCUT2D eigenvalue weighted by molar-refractivity contribution is 0.0696. The quantitative estimate of drug-likeness (QED) is 0.642. The van der Waals surface area contributed by atoms with Crippen molar-refractivity contribution in [1.29, 1.82) is 0 Å². The van der Waals surface area contributed by atoms with Gasteiger partial charge in [0.1, 0.15) is 0 Å². The third-order valence-corrected chi connectivity index (χ3v) is 4.97. The van der Waals surface area contributed by atoms with E-state index in [9.17, 15) is 13.2 Å².